The molecule has 4 rings (SSSR count). The Morgan fingerprint density at radius 1 is 1.00 bits per heavy atom. The summed E-state index contributed by atoms with van der Waals surface area (Å²) >= 11 is 0. The largest absolute Gasteiger partial charge is 0.359 e. The van der Waals surface area contributed by atoms with Crippen molar-refractivity contribution < 1.29 is 19.1 Å². The summed E-state index contributed by atoms with van der Waals surface area (Å²) in [7, 11) is 0. The number of nitrogens with zero attached hydrogens (tertiary/aromatic N) is 1. The van der Waals surface area contributed by atoms with E-state index in [0.717, 1.165) is 0 Å². The summed E-state index contributed by atoms with van der Waals surface area (Å²) in [5.74, 6) is -1.49. The van der Waals surface area contributed by atoms with Crippen molar-refractivity contribution in [2.45, 2.75) is 32.0 Å². The van der Waals surface area contributed by atoms with Gasteiger partial charge in [0.15, 0.2) is 5.78 Å². The average molecular weight is 311 g/mol. The third-order valence-corrected chi connectivity index (χ3v) is 5.26. The molecule has 1 aromatic carbocycles. The molecule has 0 unspecified atom stereocenters. The molecule has 23 heavy (non-hydrogen) atoms. The summed E-state index contributed by atoms with van der Waals surface area (Å²) in [5.41, 5.74) is -0.386. The Hall–Kier alpha value is -2.27. The van der Waals surface area contributed by atoms with E-state index < -0.39 is 23.0 Å². The molecule has 5 heteroatoms. The summed E-state index contributed by atoms with van der Waals surface area (Å²) in [5, 5.41) is 0. The van der Waals surface area contributed by atoms with E-state index in [1.165, 1.54) is 11.8 Å². The molecule has 0 aromatic heterocycles. The van der Waals surface area contributed by atoms with Gasteiger partial charge >= 0.3 is 0 Å². The van der Waals surface area contributed by atoms with E-state index in [4.69, 9.17) is 4.74 Å². The number of ketones is 1. The van der Waals surface area contributed by atoms with Gasteiger partial charge in [0.2, 0.25) is 11.8 Å². The van der Waals surface area contributed by atoms with Gasteiger partial charge in [0.05, 0.1) is 28.7 Å². The van der Waals surface area contributed by atoms with Crippen molar-refractivity contribution in [2.75, 3.05) is 4.90 Å². The number of imide groups is 1. The Morgan fingerprint density at radius 2 is 1.48 bits per heavy atom. The molecule has 0 saturated carbocycles. The standard InChI is InChI=1S/C18H17NO4/c1-10(20)11-4-6-12(7-5-11)19-15(21)13-14(16(19)22)18(3)9-8-17(13,2)23-18/h4-9,13-14H,1-3H3/t13-,14+,17-,18-/m0/s1. The predicted octanol–water partition coefficient (Wildman–Crippen LogP) is 2.11. The number of fused-ring (bicyclic) bond motifs is 5. The van der Waals surface area contributed by atoms with E-state index in [1.54, 1.807) is 24.3 Å². The van der Waals surface area contributed by atoms with Crippen LogP contribution in [0.2, 0.25) is 0 Å². The third-order valence-electron chi connectivity index (χ3n) is 5.26. The van der Waals surface area contributed by atoms with Crippen LogP contribution < -0.4 is 4.90 Å². The van der Waals surface area contributed by atoms with Crippen LogP contribution in [0, 0.1) is 11.8 Å². The van der Waals surface area contributed by atoms with Crippen molar-refractivity contribution in [3.63, 3.8) is 0 Å². The SMILES string of the molecule is CC(=O)c1ccc(N2C(=O)[C@@H]3[C@H](C2=O)[C@]2(C)C=C[C@]3(C)O2)cc1. The number of amides is 2. The second kappa shape index (κ2) is 4.17. The maximum Gasteiger partial charge on any atom is 0.241 e. The van der Waals surface area contributed by atoms with Crippen LogP contribution in [-0.4, -0.2) is 28.8 Å². The second-order valence-corrected chi connectivity index (χ2v) is 6.87. The Labute approximate surface area is 133 Å². The molecule has 4 atom stereocenters. The zero-order chi connectivity index (χ0) is 16.6. The lowest BCUT2D eigenvalue weighted by Gasteiger charge is -2.25. The highest BCUT2D eigenvalue weighted by atomic mass is 16.5. The summed E-state index contributed by atoms with van der Waals surface area (Å²) < 4.78 is 5.97. The molecule has 5 nitrogen and oxygen atoms in total. The molecule has 0 N–H and O–H groups in total. The topological polar surface area (TPSA) is 63.7 Å². The van der Waals surface area contributed by atoms with E-state index in [-0.39, 0.29) is 17.6 Å². The van der Waals surface area contributed by atoms with E-state index >= 15 is 0 Å². The van der Waals surface area contributed by atoms with Crippen LogP contribution in [-0.2, 0) is 14.3 Å². The minimum atomic E-state index is -0.722. The molecule has 118 valence electrons. The van der Waals surface area contributed by atoms with Crippen molar-refractivity contribution >= 4 is 23.3 Å². The van der Waals surface area contributed by atoms with Gasteiger partial charge in [-0.1, -0.05) is 12.2 Å². The quantitative estimate of drug-likeness (QED) is 0.477. The van der Waals surface area contributed by atoms with Gasteiger partial charge in [-0.3, -0.25) is 14.4 Å². The van der Waals surface area contributed by atoms with Crippen LogP contribution in [0.25, 0.3) is 0 Å². The van der Waals surface area contributed by atoms with E-state index in [1.807, 2.05) is 26.0 Å². The summed E-state index contributed by atoms with van der Waals surface area (Å²) in [6.07, 6.45) is 3.78. The zero-order valence-corrected chi connectivity index (χ0v) is 13.2. The normalized spacial score (nSPS) is 37.6. The molecule has 2 amide bonds. The highest BCUT2D eigenvalue weighted by molar-refractivity contribution is 6.23. The second-order valence-electron chi connectivity index (χ2n) is 6.87. The van der Waals surface area contributed by atoms with Crippen LogP contribution in [0.3, 0.4) is 0 Å². The van der Waals surface area contributed by atoms with Crippen LogP contribution in [0.15, 0.2) is 36.4 Å². The summed E-state index contributed by atoms with van der Waals surface area (Å²) in [6.45, 7) is 5.19. The summed E-state index contributed by atoms with van der Waals surface area (Å²) in [6, 6.07) is 6.57. The van der Waals surface area contributed by atoms with Crippen LogP contribution >= 0.6 is 0 Å². The number of carbonyl (C=O) groups is 3. The van der Waals surface area contributed by atoms with Crippen molar-refractivity contribution in [1.82, 2.24) is 0 Å². The molecular weight excluding hydrogens is 294 g/mol. The minimum absolute atomic E-state index is 0.0526. The Balaban J connectivity index is 1.75. The van der Waals surface area contributed by atoms with Gasteiger partial charge in [0.25, 0.3) is 0 Å². The molecule has 0 aliphatic carbocycles. The Bertz CT molecular complexity index is 745. The third kappa shape index (κ3) is 1.68. The molecule has 0 radical (unpaired) electrons. The van der Waals surface area contributed by atoms with Gasteiger partial charge in [-0.05, 0) is 45.0 Å². The number of carbonyl (C=O) groups excluding carboxylic acids is 3. The highest BCUT2D eigenvalue weighted by Crippen LogP contribution is 2.57. The molecule has 0 spiro atoms. The van der Waals surface area contributed by atoms with Gasteiger partial charge < -0.3 is 4.74 Å². The van der Waals surface area contributed by atoms with Crippen molar-refractivity contribution in [3.05, 3.63) is 42.0 Å². The number of ether oxygens (including phenoxy) is 1. The fourth-order valence-electron chi connectivity index (χ4n) is 4.13. The number of hydrogen-bond donors (Lipinski definition) is 0. The molecule has 3 aliphatic heterocycles. The summed E-state index contributed by atoms with van der Waals surface area (Å²) in [4.78, 5) is 38.4. The Kier molecular flexibility index (Phi) is 2.60. The number of Topliss-reactive ketones (excluding diaryl/α,β-unsaturated/α-hetero) is 1. The van der Waals surface area contributed by atoms with Crippen molar-refractivity contribution in [1.29, 1.82) is 0 Å². The first kappa shape index (κ1) is 14.3. The average Bonchev–Trinajstić information content (AvgIpc) is 3.04. The first-order valence-corrected chi connectivity index (χ1v) is 7.66. The molecule has 2 saturated heterocycles. The first-order valence-electron chi connectivity index (χ1n) is 7.66. The molecule has 1 aromatic rings. The maximum absolute atomic E-state index is 12.9. The van der Waals surface area contributed by atoms with Crippen LogP contribution in [0.1, 0.15) is 31.1 Å². The molecule has 2 bridgehead atoms. The monoisotopic (exact) mass is 311 g/mol. The lowest BCUT2D eigenvalue weighted by molar-refractivity contribution is -0.128. The smallest absolute Gasteiger partial charge is 0.241 e. The fraction of sp³-hybridized carbons (Fsp3) is 0.389. The van der Waals surface area contributed by atoms with Gasteiger partial charge in [0.1, 0.15) is 0 Å². The fourth-order valence-corrected chi connectivity index (χ4v) is 4.13. The number of rotatable bonds is 2. The maximum atomic E-state index is 12.9. The van der Waals surface area contributed by atoms with Crippen LogP contribution in [0.5, 0.6) is 0 Å². The zero-order valence-electron chi connectivity index (χ0n) is 13.2. The van der Waals surface area contributed by atoms with Gasteiger partial charge in [-0.25, -0.2) is 4.90 Å². The molecular formula is C18H17NO4. The van der Waals surface area contributed by atoms with Gasteiger partial charge in [0, 0.05) is 5.56 Å². The Morgan fingerprint density at radius 3 is 1.91 bits per heavy atom. The molecule has 3 heterocycles. The minimum Gasteiger partial charge on any atom is -0.359 e. The molecule has 2 fully saturated rings. The lowest BCUT2D eigenvalue weighted by Crippen LogP contribution is -2.39. The van der Waals surface area contributed by atoms with Crippen LogP contribution in [0.4, 0.5) is 5.69 Å². The van der Waals surface area contributed by atoms with Gasteiger partial charge in [-0.15, -0.1) is 0 Å². The van der Waals surface area contributed by atoms with E-state index in [0.29, 0.717) is 11.3 Å². The van der Waals surface area contributed by atoms with E-state index in [2.05, 4.69) is 0 Å². The number of anilines is 1. The van der Waals surface area contributed by atoms with Gasteiger partial charge in [-0.2, -0.15) is 0 Å². The van der Waals surface area contributed by atoms with E-state index in [9.17, 15) is 14.4 Å². The number of hydrogen-bond acceptors (Lipinski definition) is 4. The highest BCUT2D eigenvalue weighted by Gasteiger charge is 2.70. The van der Waals surface area contributed by atoms with Crippen molar-refractivity contribution in [2.24, 2.45) is 11.8 Å². The molecule has 3 aliphatic rings. The number of benzene rings is 1. The predicted molar refractivity (Wildman–Crippen MR) is 83.0 cm³/mol. The van der Waals surface area contributed by atoms with Crippen molar-refractivity contribution in [3.8, 4) is 0 Å². The first-order chi connectivity index (χ1) is 10.8. The lowest BCUT2D eigenvalue weighted by atomic mass is 9.73.